The van der Waals surface area contributed by atoms with E-state index in [-0.39, 0.29) is 11.7 Å². The van der Waals surface area contributed by atoms with E-state index in [0.29, 0.717) is 11.3 Å². The Hall–Kier alpha value is -2.90. The number of carbonyl (C=O) groups excluding carboxylic acids is 4. The molecule has 1 aromatic carbocycles. The molecule has 130 valence electrons. The molecule has 0 aliphatic heterocycles. The highest BCUT2D eigenvalue weighted by atomic mass is 16.6. The number of Topliss-reactive ketones (excluding diaryl/α,β-unsaturated/α-hetero) is 1. The van der Waals surface area contributed by atoms with Crippen molar-refractivity contribution in [2.24, 2.45) is 11.7 Å². The number of benzene rings is 1. The van der Waals surface area contributed by atoms with Gasteiger partial charge in [0.2, 0.25) is 0 Å². The van der Waals surface area contributed by atoms with Crippen LogP contribution in [0.3, 0.4) is 0 Å². The third-order valence-electron chi connectivity index (χ3n) is 2.97. The SMILES string of the molecule is CC(=O)c1cccc(OCC(=O)O[C@@H](C(=O)NC(N)=O)C(C)C)c1. The van der Waals surface area contributed by atoms with E-state index in [1.165, 1.54) is 13.0 Å². The van der Waals surface area contributed by atoms with Crippen molar-refractivity contribution in [1.29, 1.82) is 0 Å². The van der Waals surface area contributed by atoms with Gasteiger partial charge in [-0.05, 0) is 25.0 Å². The molecule has 24 heavy (non-hydrogen) atoms. The minimum absolute atomic E-state index is 0.133. The molecule has 1 aromatic rings. The van der Waals surface area contributed by atoms with Crippen LogP contribution in [0.15, 0.2) is 24.3 Å². The molecular weight excluding hydrogens is 316 g/mol. The minimum Gasteiger partial charge on any atom is -0.482 e. The summed E-state index contributed by atoms with van der Waals surface area (Å²) in [6, 6.07) is 5.29. The summed E-state index contributed by atoms with van der Waals surface area (Å²) in [5.74, 6) is -1.77. The lowest BCUT2D eigenvalue weighted by atomic mass is 10.1. The summed E-state index contributed by atoms with van der Waals surface area (Å²) in [5, 5.41) is 1.87. The van der Waals surface area contributed by atoms with Gasteiger partial charge in [0.1, 0.15) is 5.75 Å². The molecule has 8 nitrogen and oxygen atoms in total. The number of primary amides is 1. The lowest BCUT2D eigenvalue weighted by Crippen LogP contribution is -2.46. The molecule has 0 spiro atoms. The summed E-state index contributed by atoms with van der Waals surface area (Å²) in [4.78, 5) is 45.6. The molecule has 0 aromatic heterocycles. The fraction of sp³-hybridized carbons (Fsp3) is 0.375. The summed E-state index contributed by atoms with van der Waals surface area (Å²) in [7, 11) is 0. The van der Waals surface area contributed by atoms with Crippen LogP contribution in [0, 0.1) is 5.92 Å². The third kappa shape index (κ3) is 6.07. The monoisotopic (exact) mass is 336 g/mol. The molecule has 0 bridgehead atoms. The van der Waals surface area contributed by atoms with Crippen LogP contribution in [0.2, 0.25) is 0 Å². The smallest absolute Gasteiger partial charge is 0.344 e. The second kappa shape index (κ2) is 8.66. The molecule has 0 heterocycles. The maximum atomic E-state index is 11.8. The van der Waals surface area contributed by atoms with Crippen LogP contribution in [0.5, 0.6) is 5.75 Å². The standard InChI is InChI=1S/C16H20N2O6/c1-9(2)14(15(21)18-16(17)22)24-13(20)8-23-12-6-4-5-11(7-12)10(3)19/h4-7,9,14H,8H2,1-3H3,(H3,17,18,21,22)/t14-/m1/s1. The number of urea groups is 1. The number of rotatable bonds is 7. The first-order valence-electron chi connectivity index (χ1n) is 7.24. The fourth-order valence-electron chi connectivity index (χ4n) is 1.81. The fourth-order valence-corrected chi connectivity index (χ4v) is 1.81. The Morgan fingerprint density at radius 1 is 1.21 bits per heavy atom. The van der Waals surface area contributed by atoms with Crippen molar-refractivity contribution >= 4 is 23.7 Å². The third-order valence-corrected chi connectivity index (χ3v) is 2.97. The predicted octanol–water partition coefficient (Wildman–Crippen LogP) is 1.03. The van der Waals surface area contributed by atoms with Crippen LogP contribution in [-0.2, 0) is 14.3 Å². The summed E-state index contributed by atoms with van der Waals surface area (Å²) < 4.78 is 10.3. The number of imide groups is 1. The Morgan fingerprint density at radius 2 is 1.88 bits per heavy atom. The van der Waals surface area contributed by atoms with Crippen LogP contribution >= 0.6 is 0 Å². The Balaban J connectivity index is 2.63. The van der Waals surface area contributed by atoms with E-state index in [1.807, 2.05) is 5.32 Å². The summed E-state index contributed by atoms with van der Waals surface area (Å²) in [6.07, 6.45) is -1.17. The molecule has 1 rings (SSSR count). The number of nitrogens with one attached hydrogen (secondary N) is 1. The summed E-state index contributed by atoms with van der Waals surface area (Å²) >= 11 is 0. The Kier molecular flexibility index (Phi) is 6.91. The molecule has 0 fully saturated rings. The second-order valence-electron chi connectivity index (χ2n) is 5.38. The van der Waals surface area contributed by atoms with E-state index >= 15 is 0 Å². The average molecular weight is 336 g/mol. The van der Waals surface area contributed by atoms with Gasteiger partial charge >= 0.3 is 12.0 Å². The van der Waals surface area contributed by atoms with Gasteiger partial charge in [0.25, 0.3) is 5.91 Å². The van der Waals surface area contributed by atoms with E-state index in [9.17, 15) is 19.2 Å². The molecule has 3 amide bonds. The molecule has 1 atom stereocenters. The van der Waals surface area contributed by atoms with Gasteiger partial charge in [-0.2, -0.15) is 0 Å². The number of carbonyl (C=O) groups is 4. The number of hydrogen-bond acceptors (Lipinski definition) is 6. The van der Waals surface area contributed by atoms with Gasteiger partial charge in [0.15, 0.2) is 18.5 Å². The van der Waals surface area contributed by atoms with Crippen molar-refractivity contribution in [2.45, 2.75) is 26.9 Å². The quantitative estimate of drug-likeness (QED) is 0.566. The van der Waals surface area contributed by atoms with E-state index in [1.54, 1.807) is 32.0 Å². The van der Waals surface area contributed by atoms with Crippen LogP contribution in [-0.4, -0.2) is 36.4 Å². The van der Waals surface area contributed by atoms with Crippen molar-refractivity contribution in [3.8, 4) is 5.75 Å². The molecule has 0 aliphatic rings. The van der Waals surface area contributed by atoms with Crippen molar-refractivity contribution in [3.63, 3.8) is 0 Å². The van der Waals surface area contributed by atoms with Crippen LogP contribution in [0.4, 0.5) is 4.79 Å². The van der Waals surface area contributed by atoms with Gasteiger partial charge in [-0.1, -0.05) is 26.0 Å². The van der Waals surface area contributed by atoms with Crippen LogP contribution in [0.1, 0.15) is 31.1 Å². The predicted molar refractivity (Wildman–Crippen MR) is 84.4 cm³/mol. The molecule has 8 heteroatoms. The first-order chi connectivity index (χ1) is 11.2. The first kappa shape index (κ1) is 19.1. The van der Waals surface area contributed by atoms with Gasteiger partial charge in [-0.25, -0.2) is 9.59 Å². The number of esters is 1. The lowest BCUT2D eigenvalue weighted by Gasteiger charge is -2.19. The van der Waals surface area contributed by atoms with Gasteiger partial charge in [-0.3, -0.25) is 14.9 Å². The van der Waals surface area contributed by atoms with Crippen LogP contribution < -0.4 is 15.8 Å². The Morgan fingerprint density at radius 3 is 2.42 bits per heavy atom. The topological polar surface area (TPSA) is 125 Å². The van der Waals surface area contributed by atoms with E-state index in [4.69, 9.17) is 15.2 Å². The summed E-state index contributed by atoms with van der Waals surface area (Å²) in [5.41, 5.74) is 5.32. The molecule has 0 unspecified atom stereocenters. The Labute approximate surface area is 139 Å². The number of hydrogen-bond donors (Lipinski definition) is 2. The number of ether oxygens (including phenoxy) is 2. The minimum atomic E-state index is -1.17. The highest BCUT2D eigenvalue weighted by Crippen LogP contribution is 2.14. The maximum Gasteiger partial charge on any atom is 0.344 e. The molecule has 0 saturated carbocycles. The zero-order chi connectivity index (χ0) is 18.3. The van der Waals surface area contributed by atoms with Crippen LogP contribution in [0.25, 0.3) is 0 Å². The Bertz CT molecular complexity index is 641. The number of nitrogens with two attached hydrogens (primary N) is 1. The molecule has 3 N–H and O–H groups in total. The molecule has 0 radical (unpaired) electrons. The van der Waals surface area contributed by atoms with E-state index in [2.05, 4.69) is 0 Å². The zero-order valence-electron chi connectivity index (χ0n) is 13.7. The highest BCUT2D eigenvalue weighted by molar-refractivity contribution is 5.97. The first-order valence-corrected chi connectivity index (χ1v) is 7.24. The van der Waals surface area contributed by atoms with Crippen molar-refractivity contribution in [3.05, 3.63) is 29.8 Å². The zero-order valence-corrected chi connectivity index (χ0v) is 13.7. The largest absolute Gasteiger partial charge is 0.482 e. The number of ketones is 1. The number of amides is 3. The van der Waals surface area contributed by atoms with Gasteiger partial charge in [0, 0.05) is 5.56 Å². The van der Waals surface area contributed by atoms with Crippen molar-refractivity contribution < 1.29 is 28.7 Å². The second-order valence-corrected chi connectivity index (χ2v) is 5.38. The molecule has 0 saturated heterocycles. The average Bonchev–Trinajstić information content (AvgIpc) is 2.49. The summed E-state index contributed by atoms with van der Waals surface area (Å²) in [6.45, 7) is 4.26. The normalized spacial score (nSPS) is 11.5. The van der Waals surface area contributed by atoms with Crippen molar-refractivity contribution in [2.75, 3.05) is 6.61 Å². The van der Waals surface area contributed by atoms with Crippen molar-refractivity contribution in [1.82, 2.24) is 5.32 Å². The van der Waals surface area contributed by atoms with E-state index in [0.717, 1.165) is 0 Å². The van der Waals surface area contributed by atoms with Gasteiger partial charge < -0.3 is 15.2 Å². The lowest BCUT2D eigenvalue weighted by molar-refractivity contribution is -0.160. The molecule has 0 aliphatic carbocycles. The highest BCUT2D eigenvalue weighted by Gasteiger charge is 2.27. The van der Waals surface area contributed by atoms with E-state index < -0.39 is 30.6 Å². The maximum absolute atomic E-state index is 11.8. The van der Waals surface area contributed by atoms with Gasteiger partial charge in [0.05, 0.1) is 0 Å². The van der Waals surface area contributed by atoms with Gasteiger partial charge in [-0.15, -0.1) is 0 Å². The molecular formula is C16H20N2O6.